The van der Waals surface area contributed by atoms with E-state index in [-0.39, 0.29) is 46.7 Å². The maximum absolute atomic E-state index is 13.1. The van der Waals surface area contributed by atoms with E-state index in [0.29, 0.717) is 22.4 Å². The Hall–Kier alpha value is -5.96. The molecule has 0 fully saturated rings. The molecule has 250 valence electrons. The van der Waals surface area contributed by atoms with Gasteiger partial charge in [0.1, 0.15) is 28.8 Å². The lowest BCUT2D eigenvalue weighted by atomic mass is 9.86. The van der Waals surface area contributed by atoms with E-state index in [9.17, 15) is 29.4 Å². The predicted octanol–water partition coefficient (Wildman–Crippen LogP) is 7.72. The topological polar surface area (TPSA) is 136 Å². The molecule has 0 bridgehead atoms. The molecule has 2 atom stereocenters. The Morgan fingerprint density at radius 3 is 1.88 bits per heavy atom. The number of aliphatic hydroxyl groups excluding tert-OH is 1. The number of phenolic OH excluding ortho intramolecular Hbond substituents is 1. The number of ether oxygens (including phenoxy) is 3. The average Bonchev–Trinajstić information content (AvgIpc) is 3.05. The number of aromatic hydroxyl groups is 1. The largest absolute Gasteiger partial charge is 0.508 e. The van der Waals surface area contributed by atoms with Crippen molar-refractivity contribution in [1.82, 2.24) is 0 Å². The van der Waals surface area contributed by atoms with Gasteiger partial charge in [-0.2, -0.15) is 0 Å². The summed E-state index contributed by atoms with van der Waals surface area (Å²) in [5.74, 6) is -1.58. The number of carbonyl (C=O) groups is 4. The van der Waals surface area contributed by atoms with Crippen molar-refractivity contribution >= 4 is 23.7 Å². The first-order valence-corrected chi connectivity index (χ1v) is 15.7. The molecule has 0 aromatic heterocycles. The standard InChI is InChI=1S/C40H36O9/c1-24-21-30(42)15-19-33(24)39(46)47-31-16-11-28(12-17-31)38(45)49-36-20-18-32(23-34(36)40(2,3)4)48-37(44)27-7-5-25(6-8-27)22-35(43)26-9-13-29(41)14-10-26/h5-21,23-24,33,41-42H,22H2,1-4H3. The number of esters is 3. The van der Waals surface area contributed by atoms with Gasteiger partial charge >= 0.3 is 17.9 Å². The molecule has 2 N–H and O–H groups in total. The maximum Gasteiger partial charge on any atom is 0.343 e. The molecule has 49 heavy (non-hydrogen) atoms. The Kier molecular flexibility index (Phi) is 10.1. The van der Waals surface area contributed by atoms with Crippen molar-refractivity contribution in [3.05, 3.63) is 143 Å². The second-order valence-electron chi connectivity index (χ2n) is 12.8. The van der Waals surface area contributed by atoms with Crippen LogP contribution in [0, 0.1) is 11.8 Å². The lowest BCUT2D eigenvalue weighted by Crippen LogP contribution is -2.25. The fourth-order valence-corrected chi connectivity index (χ4v) is 5.21. The summed E-state index contributed by atoms with van der Waals surface area (Å²) in [5, 5.41) is 19.1. The van der Waals surface area contributed by atoms with Crippen LogP contribution in [-0.4, -0.2) is 33.9 Å². The SMILES string of the molecule is CC1C=C(O)C=CC1C(=O)Oc1ccc(C(=O)Oc2ccc(OC(=O)c3ccc(CC(=O)c4ccc(O)cc4)cc3)cc2C(C)(C)C)cc1. The minimum Gasteiger partial charge on any atom is -0.508 e. The Morgan fingerprint density at radius 2 is 1.27 bits per heavy atom. The zero-order valence-electron chi connectivity index (χ0n) is 27.5. The van der Waals surface area contributed by atoms with E-state index in [1.165, 1.54) is 42.5 Å². The van der Waals surface area contributed by atoms with Gasteiger partial charge in [-0.25, -0.2) is 9.59 Å². The molecule has 0 spiro atoms. The monoisotopic (exact) mass is 660 g/mol. The molecule has 0 saturated carbocycles. The smallest absolute Gasteiger partial charge is 0.343 e. The number of allylic oxidation sites excluding steroid dienone is 2. The molecule has 0 heterocycles. The third-order valence-electron chi connectivity index (χ3n) is 7.97. The van der Waals surface area contributed by atoms with Crippen molar-refractivity contribution in [2.24, 2.45) is 11.8 Å². The van der Waals surface area contributed by atoms with E-state index < -0.39 is 29.2 Å². The van der Waals surface area contributed by atoms with Crippen molar-refractivity contribution in [1.29, 1.82) is 0 Å². The second-order valence-corrected chi connectivity index (χ2v) is 12.8. The van der Waals surface area contributed by atoms with E-state index in [4.69, 9.17) is 14.2 Å². The fourth-order valence-electron chi connectivity index (χ4n) is 5.21. The van der Waals surface area contributed by atoms with E-state index in [1.807, 2.05) is 20.8 Å². The Labute approximate surface area is 284 Å². The number of hydrogen-bond donors (Lipinski definition) is 2. The second kappa shape index (κ2) is 14.4. The third-order valence-corrected chi connectivity index (χ3v) is 7.97. The summed E-state index contributed by atoms with van der Waals surface area (Å²) in [7, 11) is 0. The van der Waals surface area contributed by atoms with E-state index >= 15 is 0 Å². The Morgan fingerprint density at radius 1 is 0.694 bits per heavy atom. The molecule has 4 aromatic rings. The highest BCUT2D eigenvalue weighted by molar-refractivity contribution is 5.98. The van der Waals surface area contributed by atoms with Crippen LogP contribution in [0.2, 0.25) is 0 Å². The van der Waals surface area contributed by atoms with Crippen LogP contribution < -0.4 is 14.2 Å². The highest BCUT2D eigenvalue weighted by Gasteiger charge is 2.27. The summed E-state index contributed by atoms with van der Waals surface area (Å²) in [5.41, 5.74) is 1.88. The number of phenols is 1. The summed E-state index contributed by atoms with van der Waals surface area (Å²) < 4.78 is 16.9. The Bertz CT molecular complexity index is 1930. The molecular formula is C40H36O9. The molecule has 1 aliphatic rings. The van der Waals surface area contributed by atoms with Crippen molar-refractivity contribution in [2.75, 3.05) is 0 Å². The average molecular weight is 661 g/mol. The zero-order valence-corrected chi connectivity index (χ0v) is 27.5. The summed E-state index contributed by atoms with van der Waals surface area (Å²) in [6.45, 7) is 7.62. The van der Waals surface area contributed by atoms with Gasteiger partial charge in [-0.3, -0.25) is 9.59 Å². The molecule has 1 aliphatic carbocycles. The minimum absolute atomic E-state index is 0.0817. The molecule has 0 saturated heterocycles. The maximum atomic E-state index is 13.1. The van der Waals surface area contributed by atoms with Crippen LogP contribution in [0.3, 0.4) is 0 Å². The number of rotatable bonds is 9. The summed E-state index contributed by atoms with van der Waals surface area (Å²) in [6.07, 6.45) is 4.77. The molecule has 0 amide bonds. The van der Waals surface area contributed by atoms with Crippen molar-refractivity contribution in [2.45, 2.75) is 39.5 Å². The van der Waals surface area contributed by atoms with Crippen LogP contribution in [-0.2, 0) is 16.6 Å². The van der Waals surface area contributed by atoms with Gasteiger partial charge in [0.15, 0.2) is 5.78 Å². The number of benzene rings is 4. The van der Waals surface area contributed by atoms with Crippen LogP contribution in [0.15, 0.2) is 115 Å². The van der Waals surface area contributed by atoms with Crippen LogP contribution in [0.5, 0.6) is 23.0 Å². The van der Waals surface area contributed by atoms with Gasteiger partial charge < -0.3 is 24.4 Å². The van der Waals surface area contributed by atoms with Crippen LogP contribution >= 0.6 is 0 Å². The van der Waals surface area contributed by atoms with Crippen LogP contribution in [0.4, 0.5) is 0 Å². The Balaban J connectivity index is 1.21. The predicted molar refractivity (Wildman–Crippen MR) is 182 cm³/mol. The summed E-state index contributed by atoms with van der Waals surface area (Å²) in [4.78, 5) is 51.3. The molecule has 9 nitrogen and oxygen atoms in total. The van der Waals surface area contributed by atoms with Crippen LogP contribution in [0.25, 0.3) is 0 Å². The number of hydrogen-bond acceptors (Lipinski definition) is 9. The summed E-state index contributed by atoms with van der Waals surface area (Å²) >= 11 is 0. The first-order valence-electron chi connectivity index (χ1n) is 15.7. The number of carbonyl (C=O) groups excluding carboxylic acids is 4. The first kappa shape index (κ1) is 34.4. The first-order chi connectivity index (χ1) is 23.3. The molecular weight excluding hydrogens is 624 g/mol. The van der Waals surface area contributed by atoms with Gasteiger partial charge in [0.25, 0.3) is 0 Å². The quantitative estimate of drug-likeness (QED) is 0.105. The van der Waals surface area contributed by atoms with Gasteiger partial charge in [-0.05, 0) is 108 Å². The van der Waals surface area contributed by atoms with Gasteiger partial charge in [0.05, 0.1) is 17.0 Å². The summed E-state index contributed by atoms with van der Waals surface area (Å²) in [6, 6.07) is 23.4. The molecule has 2 unspecified atom stereocenters. The number of aliphatic hydroxyl groups is 1. The zero-order chi connectivity index (χ0) is 35.3. The molecule has 4 aromatic carbocycles. The lowest BCUT2D eigenvalue weighted by molar-refractivity contribution is -0.138. The number of ketones is 1. The van der Waals surface area contributed by atoms with Gasteiger partial charge in [-0.1, -0.05) is 45.9 Å². The minimum atomic E-state index is -0.624. The number of Topliss-reactive ketones (excluding diaryl/α,β-unsaturated/α-hetero) is 1. The van der Waals surface area contributed by atoms with Crippen LogP contribution in [0.1, 0.15) is 69.9 Å². The van der Waals surface area contributed by atoms with Gasteiger partial charge in [0, 0.05) is 17.5 Å². The van der Waals surface area contributed by atoms with Gasteiger partial charge in [0.2, 0.25) is 0 Å². The van der Waals surface area contributed by atoms with Crippen molar-refractivity contribution in [3.8, 4) is 23.0 Å². The van der Waals surface area contributed by atoms with Crippen molar-refractivity contribution < 1.29 is 43.6 Å². The molecule has 0 radical (unpaired) electrons. The van der Waals surface area contributed by atoms with E-state index in [1.54, 1.807) is 73.7 Å². The molecule has 9 heteroatoms. The molecule has 5 rings (SSSR count). The fraction of sp³-hybridized carbons (Fsp3) is 0.200. The van der Waals surface area contributed by atoms with E-state index in [2.05, 4.69) is 0 Å². The lowest BCUT2D eigenvalue weighted by Gasteiger charge is -2.23. The third kappa shape index (κ3) is 8.70. The highest BCUT2D eigenvalue weighted by atomic mass is 16.5. The van der Waals surface area contributed by atoms with Gasteiger partial charge in [-0.15, -0.1) is 0 Å². The normalized spacial score (nSPS) is 15.6. The van der Waals surface area contributed by atoms with Crippen molar-refractivity contribution in [3.63, 3.8) is 0 Å². The molecule has 0 aliphatic heterocycles. The highest BCUT2D eigenvalue weighted by Crippen LogP contribution is 2.35. The van der Waals surface area contributed by atoms with E-state index in [0.717, 1.165) is 5.56 Å².